The minimum absolute atomic E-state index is 0.867. The van der Waals surface area contributed by atoms with Gasteiger partial charge in [-0.1, -0.05) is 6.07 Å². The third kappa shape index (κ3) is 1.99. The number of rotatable bonds is 2. The highest BCUT2D eigenvalue weighted by molar-refractivity contribution is 9.10. The van der Waals surface area contributed by atoms with Gasteiger partial charge >= 0.3 is 0 Å². The van der Waals surface area contributed by atoms with Gasteiger partial charge in [-0.25, -0.2) is 4.98 Å². The summed E-state index contributed by atoms with van der Waals surface area (Å²) >= 11 is 3.28. The van der Waals surface area contributed by atoms with Gasteiger partial charge in [0.05, 0.1) is 0 Å². The predicted molar refractivity (Wildman–Crippen MR) is 46.1 cm³/mol. The molecule has 0 aliphatic rings. The third-order valence-electron chi connectivity index (χ3n) is 1.07. The number of hydrogen-bond acceptors (Lipinski definition) is 2. The Morgan fingerprint density at radius 3 is 3.00 bits per heavy atom. The molecule has 2 nitrogen and oxygen atoms in total. The Kier molecular flexibility index (Phi) is 2.68. The van der Waals surface area contributed by atoms with Crippen molar-refractivity contribution in [1.29, 1.82) is 0 Å². The van der Waals surface area contributed by atoms with Gasteiger partial charge in [0.1, 0.15) is 10.4 Å². The van der Waals surface area contributed by atoms with Gasteiger partial charge in [0.2, 0.25) is 0 Å². The zero-order chi connectivity index (χ0) is 7.40. The first-order chi connectivity index (χ1) is 4.83. The molecule has 0 radical (unpaired) electrons. The van der Waals surface area contributed by atoms with Gasteiger partial charge in [-0.15, -0.1) is 0 Å². The quantitative estimate of drug-likeness (QED) is 0.742. The van der Waals surface area contributed by atoms with Gasteiger partial charge in [0.15, 0.2) is 0 Å². The van der Waals surface area contributed by atoms with E-state index >= 15 is 0 Å². The molecule has 0 saturated heterocycles. The minimum Gasteiger partial charge on any atom is -0.370 e. The van der Waals surface area contributed by atoms with Crippen LogP contribution in [0.2, 0.25) is 0 Å². The summed E-state index contributed by atoms with van der Waals surface area (Å²) in [4.78, 5) is 4.17. The van der Waals surface area contributed by atoms with E-state index in [9.17, 15) is 0 Å². The van der Waals surface area contributed by atoms with Crippen LogP contribution < -0.4 is 5.32 Å². The normalized spacial score (nSPS) is 9.40. The second kappa shape index (κ2) is 3.56. The molecule has 0 aromatic carbocycles. The first kappa shape index (κ1) is 7.54. The summed E-state index contributed by atoms with van der Waals surface area (Å²) in [6.07, 6.45) is 0. The zero-order valence-electron chi connectivity index (χ0n) is 5.76. The fourth-order valence-corrected chi connectivity index (χ4v) is 1.03. The number of pyridine rings is 1. The van der Waals surface area contributed by atoms with E-state index in [2.05, 4.69) is 26.2 Å². The Bertz CT molecular complexity index is 213. The number of nitrogens with one attached hydrogen (secondary N) is 1. The molecule has 3 heteroatoms. The molecule has 1 rings (SSSR count). The van der Waals surface area contributed by atoms with E-state index in [1.807, 2.05) is 25.1 Å². The standard InChI is InChI=1S/C7H9BrN2/c1-2-9-7-5-3-4-6(8)10-7/h3-5H,2H2,1H3,(H,9,10). The van der Waals surface area contributed by atoms with Crippen molar-refractivity contribution in [1.82, 2.24) is 4.98 Å². The molecule has 0 aliphatic carbocycles. The maximum Gasteiger partial charge on any atom is 0.127 e. The highest BCUT2D eigenvalue weighted by Crippen LogP contribution is 2.09. The van der Waals surface area contributed by atoms with Gasteiger partial charge in [-0.05, 0) is 35.0 Å². The topological polar surface area (TPSA) is 24.9 Å². The zero-order valence-corrected chi connectivity index (χ0v) is 7.35. The van der Waals surface area contributed by atoms with Crippen LogP contribution >= 0.6 is 15.9 Å². The lowest BCUT2D eigenvalue weighted by Crippen LogP contribution is -1.98. The van der Waals surface area contributed by atoms with Crippen molar-refractivity contribution >= 4 is 21.7 Å². The highest BCUT2D eigenvalue weighted by atomic mass is 79.9. The van der Waals surface area contributed by atoms with Gasteiger partial charge in [0, 0.05) is 6.54 Å². The molecule has 1 heterocycles. The van der Waals surface area contributed by atoms with E-state index < -0.39 is 0 Å². The average Bonchev–Trinajstić information content (AvgIpc) is 1.88. The molecule has 0 aliphatic heterocycles. The Balaban J connectivity index is 2.75. The number of aromatic nitrogens is 1. The summed E-state index contributed by atoms with van der Waals surface area (Å²) < 4.78 is 0.867. The molecule has 1 N–H and O–H groups in total. The summed E-state index contributed by atoms with van der Waals surface area (Å²) in [5, 5.41) is 3.11. The minimum atomic E-state index is 0.867. The maximum absolute atomic E-state index is 4.17. The Morgan fingerprint density at radius 2 is 2.40 bits per heavy atom. The molecule has 0 unspecified atom stereocenters. The summed E-state index contributed by atoms with van der Waals surface area (Å²) in [6, 6.07) is 5.80. The van der Waals surface area contributed by atoms with Gasteiger partial charge in [-0.3, -0.25) is 0 Å². The van der Waals surface area contributed by atoms with Crippen molar-refractivity contribution in [3.05, 3.63) is 22.8 Å². The van der Waals surface area contributed by atoms with Crippen molar-refractivity contribution in [3.8, 4) is 0 Å². The average molecular weight is 201 g/mol. The van der Waals surface area contributed by atoms with Crippen LogP contribution in [0, 0.1) is 0 Å². The van der Waals surface area contributed by atoms with E-state index in [1.54, 1.807) is 0 Å². The Morgan fingerprint density at radius 1 is 1.60 bits per heavy atom. The molecule has 0 bridgehead atoms. The molecule has 0 atom stereocenters. The lowest BCUT2D eigenvalue weighted by molar-refractivity contribution is 1.15. The van der Waals surface area contributed by atoms with Gasteiger partial charge < -0.3 is 5.32 Å². The second-order valence-electron chi connectivity index (χ2n) is 1.88. The van der Waals surface area contributed by atoms with E-state index in [1.165, 1.54) is 0 Å². The molecule has 10 heavy (non-hydrogen) atoms. The second-order valence-corrected chi connectivity index (χ2v) is 2.69. The number of halogens is 1. The van der Waals surface area contributed by atoms with Crippen LogP contribution in [0.4, 0.5) is 5.82 Å². The maximum atomic E-state index is 4.17. The van der Waals surface area contributed by atoms with Crippen molar-refractivity contribution in [3.63, 3.8) is 0 Å². The summed E-state index contributed by atoms with van der Waals surface area (Å²) in [7, 11) is 0. The largest absolute Gasteiger partial charge is 0.370 e. The van der Waals surface area contributed by atoms with Crippen molar-refractivity contribution in [2.24, 2.45) is 0 Å². The third-order valence-corrected chi connectivity index (χ3v) is 1.51. The summed E-state index contributed by atoms with van der Waals surface area (Å²) in [5.41, 5.74) is 0. The lowest BCUT2D eigenvalue weighted by Gasteiger charge is -2.00. The number of hydrogen-bond donors (Lipinski definition) is 1. The van der Waals surface area contributed by atoms with E-state index in [4.69, 9.17) is 0 Å². The van der Waals surface area contributed by atoms with Crippen LogP contribution in [-0.4, -0.2) is 11.5 Å². The predicted octanol–water partition coefficient (Wildman–Crippen LogP) is 2.28. The SMILES string of the molecule is CCNc1cccc(Br)n1. The number of anilines is 1. The molecule has 0 spiro atoms. The van der Waals surface area contributed by atoms with Crippen LogP contribution in [0.3, 0.4) is 0 Å². The van der Waals surface area contributed by atoms with Gasteiger partial charge in [0.25, 0.3) is 0 Å². The van der Waals surface area contributed by atoms with E-state index in [0.29, 0.717) is 0 Å². The highest BCUT2D eigenvalue weighted by Gasteiger charge is 1.89. The van der Waals surface area contributed by atoms with Crippen LogP contribution in [-0.2, 0) is 0 Å². The van der Waals surface area contributed by atoms with Crippen LogP contribution in [0.25, 0.3) is 0 Å². The lowest BCUT2D eigenvalue weighted by atomic mass is 10.4. The van der Waals surface area contributed by atoms with Crippen molar-refractivity contribution < 1.29 is 0 Å². The van der Waals surface area contributed by atoms with Crippen molar-refractivity contribution in [2.45, 2.75) is 6.92 Å². The van der Waals surface area contributed by atoms with Crippen LogP contribution in [0.1, 0.15) is 6.92 Å². The first-order valence-electron chi connectivity index (χ1n) is 3.19. The Labute approximate surface area is 68.8 Å². The van der Waals surface area contributed by atoms with Crippen LogP contribution in [0.15, 0.2) is 22.8 Å². The molecule has 0 saturated carbocycles. The summed E-state index contributed by atoms with van der Waals surface area (Å²) in [6.45, 7) is 2.95. The molecule has 0 fully saturated rings. The molecule has 1 aromatic heterocycles. The van der Waals surface area contributed by atoms with E-state index in [-0.39, 0.29) is 0 Å². The first-order valence-corrected chi connectivity index (χ1v) is 3.98. The number of nitrogens with zero attached hydrogens (tertiary/aromatic N) is 1. The fourth-order valence-electron chi connectivity index (χ4n) is 0.688. The summed E-state index contributed by atoms with van der Waals surface area (Å²) in [5.74, 6) is 0.914. The van der Waals surface area contributed by atoms with Gasteiger partial charge in [-0.2, -0.15) is 0 Å². The molecular weight excluding hydrogens is 192 g/mol. The smallest absolute Gasteiger partial charge is 0.127 e. The fraction of sp³-hybridized carbons (Fsp3) is 0.286. The molecule has 1 aromatic rings. The van der Waals surface area contributed by atoms with Crippen molar-refractivity contribution in [2.75, 3.05) is 11.9 Å². The monoisotopic (exact) mass is 200 g/mol. The molecule has 54 valence electrons. The van der Waals surface area contributed by atoms with Crippen LogP contribution in [0.5, 0.6) is 0 Å². The molecule has 0 amide bonds. The Hall–Kier alpha value is -0.570. The molecular formula is C7H9BrN2. The van der Waals surface area contributed by atoms with E-state index in [0.717, 1.165) is 17.0 Å².